The van der Waals surface area contributed by atoms with Crippen molar-refractivity contribution < 1.29 is 14.3 Å². The van der Waals surface area contributed by atoms with Crippen molar-refractivity contribution in [2.45, 2.75) is 38.9 Å². The highest BCUT2D eigenvalue weighted by Crippen LogP contribution is 2.34. The van der Waals surface area contributed by atoms with Crippen molar-refractivity contribution in [2.24, 2.45) is 0 Å². The molecule has 0 aliphatic carbocycles. The van der Waals surface area contributed by atoms with Gasteiger partial charge in [0.25, 0.3) is 0 Å². The number of para-hydroxylation sites is 1. The summed E-state index contributed by atoms with van der Waals surface area (Å²) in [6.45, 7) is 6.20. The summed E-state index contributed by atoms with van der Waals surface area (Å²) in [5.74, 6) is 1.77. The summed E-state index contributed by atoms with van der Waals surface area (Å²) < 4.78 is 11.5. The fourth-order valence-electron chi connectivity index (χ4n) is 4.13. The summed E-state index contributed by atoms with van der Waals surface area (Å²) in [5, 5.41) is 0. The van der Waals surface area contributed by atoms with E-state index in [1.54, 1.807) is 0 Å². The quantitative estimate of drug-likeness (QED) is 0.770. The van der Waals surface area contributed by atoms with Gasteiger partial charge in [0, 0.05) is 25.2 Å². The number of ether oxygens (including phenoxy) is 2. The van der Waals surface area contributed by atoms with Crippen molar-refractivity contribution in [2.75, 3.05) is 26.3 Å². The molecule has 0 bridgehead atoms. The topological polar surface area (TPSA) is 42.0 Å². The van der Waals surface area contributed by atoms with Crippen LogP contribution in [0.2, 0.25) is 0 Å². The summed E-state index contributed by atoms with van der Waals surface area (Å²) in [6.07, 6.45) is 1.99. The van der Waals surface area contributed by atoms with Crippen LogP contribution in [0.5, 0.6) is 11.5 Å². The zero-order valence-corrected chi connectivity index (χ0v) is 16.5. The second-order valence-electron chi connectivity index (χ2n) is 7.41. The molecule has 2 aromatic carbocycles. The third-order valence-corrected chi connectivity index (χ3v) is 5.58. The molecular formula is C23H28N2O3. The molecule has 5 heteroatoms. The first-order valence-electron chi connectivity index (χ1n) is 10.2. The molecule has 2 aromatic rings. The second kappa shape index (κ2) is 8.65. The Bertz CT molecular complexity index is 809. The molecule has 1 amide bonds. The number of likely N-dealkylation sites (tertiary alicyclic amines) is 1. The van der Waals surface area contributed by atoms with Gasteiger partial charge in [-0.2, -0.15) is 0 Å². The first kappa shape index (κ1) is 18.8. The molecule has 4 rings (SSSR count). The van der Waals surface area contributed by atoms with Gasteiger partial charge >= 0.3 is 0 Å². The first-order valence-corrected chi connectivity index (χ1v) is 10.2. The number of carbonyl (C=O) groups excluding carboxylic acids is 1. The Kier molecular flexibility index (Phi) is 5.81. The molecule has 1 unspecified atom stereocenters. The van der Waals surface area contributed by atoms with Gasteiger partial charge in [0.15, 0.2) is 11.5 Å². The van der Waals surface area contributed by atoms with E-state index >= 15 is 0 Å². The van der Waals surface area contributed by atoms with Gasteiger partial charge in [-0.15, -0.1) is 0 Å². The minimum Gasteiger partial charge on any atom is -0.486 e. The summed E-state index contributed by atoms with van der Waals surface area (Å²) in [4.78, 5) is 17.6. The van der Waals surface area contributed by atoms with E-state index in [4.69, 9.17) is 9.47 Å². The van der Waals surface area contributed by atoms with Gasteiger partial charge in [0.2, 0.25) is 5.91 Å². The number of nitrogens with zero attached hydrogens (tertiary/aromatic N) is 2. The third kappa shape index (κ3) is 3.99. The average molecular weight is 380 g/mol. The lowest BCUT2D eigenvalue weighted by atomic mass is 10.1. The van der Waals surface area contributed by atoms with Crippen LogP contribution in [0.4, 0.5) is 0 Å². The molecule has 148 valence electrons. The van der Waals surface area contributed by atoms with E-state index in [9.17, 15) is 4.79 Å². The predicted molar refractivity (Wildman–Crippen MR) is 108 cm³/mol. The Morgan fingerprint density at radius 3 is 2.75 bits per heavy atom. The molecular weight excluding hydrogens is 352 g/mol. The Morgan fingerprint density at radius 2 is 1.93 bits per heavy atom. The lowest BCUT2D eigenvalue weighted by molar-refractivity contribution is -0.136. The van der Waals surface area contributed by atoms with Crippen molar-refractivity contribution in [3.05, 3.63) is 59.7 Å². The number of rotatable bonds is 6. The predicted octanol–water partition coefficient (Wildman–Crippen LogP) is 3.47. The maximum atomic E-state index is 13.4. The van der Waals surface area contributed by atoms with Crippen LogP contribution < -0.4 is 9.47 Å². The summed E-state index contributed by atoms with van der Waals surface area (Å²) in [5.41, 5.74) is 2.27. The highest BCUT2D eigenvalue weighted by Gasteiger charge is 2.33. The Labute approximate surface area is 166 Å². The molecule has 1 atom stereocenters. The molecule has 0 N–H and O–H groups in total. The lowest BCUT2D eigenvalue weighted by Gasteiger charge is -2.30. The molecule has 1 saturated heterocycles. The molecule has 1 fully saturated rings. The number of fused-ring (bicyclic) bond motifs is 1. The van der Waals surface area contributed by atoms with Crippen LogP contribution in [-0.4, -0.2) is 48.1 Å². The molecule has 2 heterocycles. The van der Waals surface area contributed by atoms with Gasteiger partial charge < -0.3 is 14.4 Å². The molecule has 5 nitrogen and oxygen atoms in total. The molecule has 0 spiro atoms. The van der Waals surface area contributed by atoms with E-state index in [1.165, 1.54) is 5.56 Å². The highest BCUT2D eigenvalue weighted by atomic mass is 16.6. The van der Waals surface area contributed by atoms with Gasteiger partial charge in [-0.1, -0.05) is 42.5 Å². The molecule has 2 aliphatic heterocycles. The van der Waals surface area contributed by atoms with Crippen molar-refractivity contribution in [3.63, 3.8) is 0 Å². The minimum absolute atomic E-state index is 0.0446. The van der Waals surface area contributed by atoms with Crippen LogP contribution in [0.3, 0.4) is 0 Å². The maximum absolute atomic E-state index is 13.4. The van der Waals surface area contributed by atoms with E-state index in [-0.39, 0.29) is 11.9 Å². The van der Waals surface area contributed by atoms with Crippen LogP contribution in [0, 0.1) is 0 Å². The summed E-state index contributed by atoms with van der Waals surface area (Å²) in [6, 6.07) is 16.3. The van der Waals surface area contributed by atoms with Crippen molar-refractivity contribution in [1.29, 1.82) is 0 Å². The van der Waals surface area contributed by atoms with Crippen LogP contribution in [0.15, 0.2) is 48.5 Å². The van der Waals surface area contributed by atoms with Gasteiger partial charge in [-0.05, 0) is 37.9 Å². The van der Waals surface area contributed by atoms with E-state index < -0.39 is 0 Å². The van der Waals surface area contributed by atoms with Crippen molar-refractivity contribution in [1.82, 2.24) is 9.80 Å². The zero-order chi connectivity index (χ0) is 19.3. The Balaban J connectivity index is 1.48. The number of likely N-dealkylation sites (N-methyl/N-ethyl adjacent to an activating group) is 1. The molecule has 0 saturated carbocycles. The van der Waals surface area contributed by atoms with Gasteiger partial charge in [0.1, 0.15) is 13.2 Å². The fourth-order valence-corrected chi connectivity index (χ4v) is 4.13. The zero-order valence-electron chi connectivity index (χ0n) is 16.5. The number of amides is 1. The summed E-state index contributed by atoms with van der Waals surface area (Å²) >= 11 is 0. The van der Waals surface area contributed by atoms with Gasteiger partial charge in [-0.25, -0.2) is 0 Å². The average Bonchev–Trinajstić information content (AvgIpc) is 3.20. The van der Waals surface area contributed by atoms with Gasteiger partial charge in [0.05, 0.1) is 6.04 Å². The van der Waals surface area contributed by atoms with Crippen molar-refractivity contribution in [3.8, 4) is 11.5 Å². The number of benzene rings is 2. The van der Waals surface area contributed by atoms with E-state index in [1.807, 2.05) is 36.1 Å². The lowest BCUT2D eigenvalue weighted by Crippen LogP contribution is -2.45. The first-order chi connectivity index (χ1) is 13.8. The van der Waals surface area contributed by atoms with Gasteiger partial charge in [-0.3, -0.25) is 9.69 Å². The SMILES string of the molecule is CCN(Cc1cccc2c1OCCO2)C(=O)C1CCCN1Cc1ccccc1. The number of hydrogen-bond donors (Lipinski definition) is 0. The molecule has 0 radical (unpaired) electrons. The fraction of sp³-hybridized carbons (Fsp3) is 0.435. The van der Waals surface area contributed by atoms with E-state index in [0.29, 0.717) is 26.3 Å². The van der Waals surface area contributed by atoms with Crippen molar-refractivity contribution >= 4 is 5.91 Å². The monoisotopic (exact) mass is 380 g/mol. The largest absolute Gasteiger partial charge is 0.486 e. The Hall–Kier alpha value is -2.53. The Morgan fingerprint density at radius 1 is 1.11 bits per heavy atom. The second-order valence-corrected chi connectivity index (χ2v) is 7.41. The molecule has 2 aliphatic rings. The van der Waals surface area contributed by atoms with Crippen LogP contribution in [-0.2, 0) is 17.9 Å². The van der Waals surface area contributed by atoms with Crippen LogP contribution >= 0.6 is 0 Å². The smallest absolute Gasteiger partial charge is 0.240 e. The normalized spacial score (nSPS) is 18.8. The van der Waals surface area contributed by atoms with Crippen LogP contribution in [0.1, 0.15) is 30.9 Å². The van der Waals surface area contributed by atoms with Crippen LogP contribution in [0.25, 0.3) is 0 Å². The van der Waals surface area contributed by atoms with E-state index in [0.717, 1.165) is 43.0 Å². The number of hydrogen-bond acceptors (Lipinski definition) is 4. The molecule has 0 aromatic heterocycles. The standard InChI is InChI=1S/C23H28N2O3/c1-2-24(17-19-10-6-12-21-22(19)28-15-14-27-21)23(26)20-11-7-13-25(20)16-18-8-4-3-5-9-18/h3-6,8-10,12,20H,2,7,11,13-17H2,1H3. The number of carbonyl (C=O) groups is 1. The maximum Gasteiger partial charge on any atom is 0.240 e. The minimum atomic E-state index is -0.0446. The third-order valence-electron chi connectivity index (χ3n) is 5.58. The van der Waals surface area contributed by atoms with E-state index in [2.05, 4.69) is 29.2 Å². The summed E-state index contributed by atoms with van der Waals surface area (Å²) in [7, 11) is 0. The highest BCUT2D eigenvalue weighted by molar-refractivity contribution is 5.82. The molecule has 28 heavy (non-hydrogen) atoms.